The van der Waals surface area contributed by atoms with Crippen LogP contribution in [0.2, 0.25) is 0 Å². The van der Waals surface area contributed by atoms with Crippen LogP contribution in [0.1, 0.15) is 23.7 Å². The number of hydrogen-bond acceptors (Lipinski definition) is 4. The summed E-state index contributed by atoms with van der Waals surface area (Å²) in [5.74, 6) is -1.03. The van der Waals surface area contributed by atoms with Crippen LogP contribution < -0.4 is 0 Å². The van der Waals surface area contributed by atoms with E-state index in [1.54, 1.807) is 37.3 Å². The number of aliphatic hydroxyl groups is 1. The summed E-state index contributed by atoms with van der Waals surface area (Å²) in [5.41, 5.74) is 0.478. The lowest BCUT2D eigenvalue weighted by atomic mass is 10.1. The number of esters is 1. The fourth-order valence-corrected chi connectivity index (χ4v) is 1.24. The Morgan fingerprint density at radius 1 is 1.31 bits per heavy atom. The van der Waals surface area contributed by atoms with Crippen LogP contribution in [0.25, 0.3) is 0 Å². The Balaban J connectivity index is 2.55. The third kappa shape index (κ3) is 3.47. The molecule has 1 aromatic rings. The first-order valence-corrected chi connectivity index (χ1v) is 5.08. The van der Waals surface area contributed by atoms with Crippen molar-refractivity contribution in [3.05, 3.63) is 35.9 Å². The topological polar surface area (TPSA) is 63.6 Å². The first-order valence-electron chi connectivity index (χ1n) is 5.08. The van der Waals surface area contributed by atoms with Crippen LogP contribution in [-0.2, 0) is 9.53 Å². The monoisotopic (exact) mass is 222 g/mol. The molecule has 1 aromatic carbocycles. The van der Waals surface area contributed by atoms with E-state index in [9.17, 15) is 14.7 Å². The van der Waals surface area contributed by atoms with Gasteiger partial charge in [-0.3, -0.25) is 4.79 Å². The van der Waals surface area contributed by atoms with Gasteiger partial charge < -0.3 is 9.84 Å². The summed E-state index contributed by atoms with van der Waals surface area (Å²) in [7, 11) is 0. The van der Waals surface area contributed by atoms with Crippen LogP contribution in [0.4, 0.5) is 0 Å². The fraction of sp³-hybridized carbons (Fsp3) is 0.333. The summed E-state index contributed by atoms with van der Waals surface area (Å²) in [6, 6.07) is 8.52. The highest BCUT2D eigenvalue weighted by atomic mass is 16.5. The summed E-state index contributed by atoms with van der Waals surface area (Å²) in [6.07, 6.45) is -1.63. The van der Waals surface area contributed by atoms with Gasteiger partial charge in [-0.05, 0) is 6.92 Å². The van der Waals surface area contributed by atoms with Crippen molar-refractivity contribution < 1.29 is 19.4 Å². The highest BCUT2D eigenvalue weighted by Gasteiger charge is 2.20. The van der Waals surface area contributed by atoms with Crippen LogP contribution in [0.15, 0.2) is 30.3 Å². The zero-order valence-corrected chi connectivity index (χ0v) is 9.05. The van der Waals surface area contributed by atoms with E-state index in [0.29, 0.717) is 5.56 Å². The quantitative estimate of drug-likeness (QED) is 0.600. The van der Waals surface area contributed by atoms with Gasteiger partial charge in [-0.1, -0.05) is 30.3 Å². The molecule has 0 radical (unpaired) electrons. The van der Waals surface area contributed by atoms with Crippen molar-refractivity contribution in [3.8, 4) is 0 Å². The molecule has 1 rings (SSSR count). The highest BCUT2D eigenvalue weighted by molar-refractivity contribution is 5.98. The lowest BCUT2D eigenvalue weighted by Gasteiger charge is -2.08. The van der Waals surface area contributed by atoms with Crippen molar-refractivity contribution in [3.63, 3.8) is 0 Å². The second-order valence-electron chi connectivity index (χ2n) is 3.26. The van der Waals surface area contributed by atoms with Crippen LogP contribution in [0.5, 0.6) is 0 Å². The number of Topliss-reactive ketones (excluding diaryl/α,β-unsaturated/α-hetero) is 1. The van der Waals surface area contributed by atoms with Gasteiger partial charge in [0.15, 0.2) is 11.9 Å². The van der Waals surface area contributed by atoms with Gasteiger partial charge >= 0.3 is 5.97 Å². The molecule has 0 bridgehead atoms. The molecule has 0 aliphatic rings. The molecule has 0 spiro atoms. The van der Waals surface area contributed by atoms with Gasteiger partial charge in [-0.25, -0.2) is 4.79 Å². The van der Waals surface area contributed by atoms with Crippen LogP contribution in [-0.4, -0.2) is 29.6 Å². The SMILES string of the molecule is CCOC(=O)C(O)CC(=O)c1ccccc1. The van der Waals surface area contributed by atoms with Crippen molar-refractivity contribution in [1.82, 2.24) is 0 Å². The molecule has 4 nitrogen and oxygen atoms in total. The van der Waals surface area contributed by atoms with Gasteiger partial charge in [0.1, 0.15) is 0 Å². The van der Waals surface area contributed by atoms with Gasteiger partial charge in [-0.2, -0.15) is 0 Å². The second kappa shape index (κ2) is 6.02. The molecule has 0 fully saturated rings. The Morgan fingerprint density at radius 3 is 2.50 bits per heavy atom. The fourth-order valence-electron chi connectivity index (χ4n) is 1.24. The normalized spacial score (nSPS) is 11.9. The number of ketones is 1. The average Bonchev–Trinajstić information content (AvgIpc) is 2.30. The predicted molar refractivity (Wildman–Crippen MR) is 58.0 cm³/mol. The molecular formula is C12H14O4. The van der Waals surface area contributed by atoms with Crippen LogP contribution in [0, 0.1) is 0 Å². The van der Waals surface area contributed by atoms with Gasteiger partial charge in [0.25, 0.3) is 0 Å². The molecule has 0 saturated carbocycles. The maximum Gasteiger partial charge on any atom is 0.335 e. The number of rotatable bonds is 5. The lowest BCUT2D eigenvalue weighted by Crippen LogP contribution is -2.26. The van der Waals surface area contributed by atoms with E-state index in [1.165, 1.54) is 0 Å². The van der Waals surface area contributed by atoms with Gasteiger partial charge in [0.2, 0.25) is 0 Å². The highest BCUT2D eigenvalue weighted by Crippen LogP contribution is 2.06. The summed E-state index contributed by atoms with van der Waals surface area (Å²) in [4.78, 5) is 22.7. The molecule has 0 aromatic heterocycles. The number of carbonyl (C=O) groups excluding carboxylic acids is 2. The number of benzene rings is 1. The van der Waals surface area contributed by atoms with Crippen LogP contribution in [0.3, 0.4) is 0 Å². The molecule has 0 amide bonds. The van der Waals surface area contributed by atoms with E-state index in [2.05, 4.69) is 4.74 Å². The Morgan fingerprint density at radius 2 is 1.94 bits per heavy atom. The van der Waals surface area contributed by atoms with Gasteiger partial charge in [0, 0.05) is 12.0 Å². The Bertz CT molecular complexity index is 359. The number of ether oxygens (including phenoxy) is 1. The summed E-state index contributed by atoms with van der Waals surface area (Å²) < 4.78 is 4.60. The predicted octanol–water partition coefficient (Wildman–Crippen LogP) is 1.18. The Labute approximate surface area is 93.9 Å². The van der Waals surface area contributed by atoms with Crippen molar-refractivity contribution in [2.24, 2.45) is 0 Å². The summed E-state index contributed by atoms with van der Waals surface area (Å²) >= 11 is 0. The minimum Gasteiger partial charge on any atom is -0.464 e. The average molecular weight is 222 g/mol. The lowest BCUT2D eigenvalue weighted by molar-refractivity contribution is -0.152. The summed E-state index contributed by atoms with van der Waals surface area (Å²) in [5, 5.41) is 9.39. The number of aliphatic hydroxyl groups excluding tert-OH is 1. The maximum absolute atomic E-state index is 11.6. The third-order valence-corrected chi connectivity index (χ3v) is 2.03. The third-order valence-electron chi connectivity index (χ3n) is 2.03. The Hall–Kier alpha value is -1.68. The van der Waals surface area contributed by atoms with Crippen molar-refractivity contribution >= 4 is 11.8 Å². The van der Waals surface area contributed by atoms with Crippen molar-refractivity contribution in [2.45, 2.75) is 19.4 Å². The zero-order chi connectivity index (χ0) is 12.0. The molecule has 0 heterocycles. The molecule has 1 unspecified atom stereocenters. The maximum atomic E-state index is 11.6. The zero-order valence-electron chi connectivity index (χ0n) is 9.05. The number of hydrogen-bond donors (Lipinski definition) is 1. The molecule has 86 valence electrons. The minimum absolute atomic E-state index is 0.190. The molecule has 1 atom stereocenters. The summed E-state index contributed by atoms with van der Waals surface area (Å²) in [6.45, 7) is 1.83. The van der Waals surface area contributed by atoms with E-state index in [-0.39, 0.29) is 18.8 Å². The molecule has 1 N–H and O–H groups in total. The van der Waals surface area contributed by atoms with E-state index < -0.39 is 12.1 Å². The van der Waals surface area contributed by atoms with Crippen LogP contribution >= 0.6 is 0 Å². The van der Waals surface area contributed by atoms with E-state index in [4.69, 9.17) is 0 Å². The molecule has 0 aliphatic heterocycles. The van der Waals surface area contributed by atoms with E-state index in [0.717, 1.165) is 0 Å². The molecule has 16 heavy (non-hydrogen) atoms. The van der Waals surface area contributed by atoms with Crippen molar-refractivity contribution in [1.29, 1.82) is 0 Å². The first kappa shape index (κ1) is 12.4. The van der Waals surface area contributed by atoms with Gasteiger partial charge in [0.05, 0.1) is 6.61 Å². The first-order chi connectivity index (χ1) is 7.65. The molecule has 4 heteroatoms. The van der Waals surface area contributed by atoms with Crippen molar-refractivity contribution in [2.75, 3.05) is 6.61 Å². The Kier molecular flexibility index (Phi) is 4.66. The van der Waals surface area contributed by atoms with Gasteiger partial charge in [-0.15, -0.1) is 0 Å². The largest absolute Gasteiger partial charge is 0.464 e. The molecule has 0 saturated heterocycles. The smallest absolute Gasteiger partial charge is 0.335 e. The molecule has 0 aliphatic carbocycles. The van der Waals surface area contributed by atoms with E-state index >= 15 is 0 Å². The minimum atomic E-state index is -1.38. The second-order valence-corrected chi connectivity index (χ2v) is 3.26. The number of carbonyl (C=O) groups is 2. The standard InChI is InChI=1S/C12H14O4/c1-2-16-12(15)11(14)8-10(13)9-6-4-3-5-7-9/h3-7,11,14H,2,8H2,1H3. The molecular weight excluding hydrogens is 208 g/mol. The van der Waals surface area contributed by atoms with E-state index in [1.807, 2.05) is 0 Å².